The van der Waals surface area contributed by atoms with Gasteiger partial charge >= 0.3 is 8.56 Å². The second-order valence-electron chi connectivity index (χ2n) is 5.75. The summed E-state index contributed by atoms with van der Waals surface area (Å²) in [5.74, 6) is 0. The summed E-state index contributed by atoms with van der Waals surface area (Å²) in [6.45, 7) is 16.0. The van der Waals surface area contributed by atoms with E-state index in [2.05, 4.69) is 41.5 Å². The lowest BCUT2D eigenvalue weighted by Crippen LogP contribution is -2.56. The molecule has 0 aromatic rings. The first kappa shape index (κ1) is 14.1. The molecule has 0 N–H and O–H groups in total. The van der Waals surface area contributed by atoms with E-state index >= 15 is 0 Å². The van der Waals surface area contributed by atoms with Gasteiger partial charge in [0.1, 0.15) is 0 Å². The smallest absolute Gasteiger partial charge is 0.349 e. The molecule has 0 aliphatic heterocycles. The van der Waals surface area contributed by atoms with Crippen molar-refractivity contribution in [2.24, 2.45) is 0 Å². The van der Waals surface area contributed by atoms with Gasteiger partial charge in [0, 0.05) is 23.8 Å². The van der Waals surface area contributed by atoms with E-state index in [4.69, 9.17) is 8.85 Å². The Balaban J connectivity index is 5.21. The lowest BCUT2D eigenvalue weighted by molar-refractivity contribution is 0.160. The summed E-state index contributed by atoms with van der Waals surface area (Å²) >= 11 is 0. The van der Waals surface area contributed by atoms with Crippen molar-refractivity contribution < 1.29 is 8.85 Å². The van der Waals surface area contributed by atoms with Gasteiger partial charge in [0.25, 0.3) is 0 Å². The summed E-state index contributed by atoms with van der Waals surface area (Å²) < 4.78 is 11.8. The van der Waals surface area contributed by atoms with Crippen molar-refractivity contribution in [1.29, 1.82) is 0 Å². The highest BCUT2D eigenvalue weighted by atomic mass is 28.4. The summed E-state index contributed by atoms with van der Waals surface area (Å²) in [5, 5.41) is 0.187. The van der Waals surface area contributed by atoms with E-state index in [1.165, 1.54) is 0 Å². The largest absolute Gasteiger partial charge is 0.397 e. The van der Waals surface area contributed by atoms with E-state index in [1.807, 2.05) is 6.92 Å². The van der Waals surface area contributed by atoms with E-state index in [0.29, 0.717) is 0 Å². The first-order valence-corrected chi connectivity index (χ1v) is 7.13. The Morgan fingerprint density at radius 2 is 1.29 bits per heavy atom. The van der Waals surface area contributed by atoms with Crippen LogP contribution in [0.1, 0.15) is 48.5 Å². The normalized spacial score (nSPS) is 14.6. The molecule has 14 heavy (non-hydrogen) atoms. The SMILES string of the molecule is CCO[Si](OC)(C(C)(C)C)C(C)(C)C. The van der Waals surface area contributed by atoms with Crippen molar-refractivity contribution in [3.05, 3.63) is 0 Å². The van der Waals surface area contributed by atoms with E-state index in [0.717, 1.165) is 6.61 Å². The molecule has 0 unspecified atom stereocenters. The predicted molar refractivity (Wildman–Crippen MR) is 63.8 cm³/mol. The van der Waals surface area contributed by atoms with Gasteiger partial charge in [0.05, 0.1) is 0 Å². The van der Waals surface area contributed by atoms with Crippen molar-refractivity contribution in [2.45, 2.75) is 58.5 Å². The quantitative estimate of drug-likeness (QED) is 0.672. The van der Waals surface area contributed by atoms with E-state index < -0.39 is 8.56 Å². The minimum atomic E-state index is -2.17. The van der Waals surface area contributed by atoms with Gasteiger partial charge in [0.2, 0.25) is 0 Å². The van der Waals surface area contributed by atoms with Crippen molar-refractivity contribution in [3.63, 3.8) is 0 Å². The summed E-state index contributed by atoms with van der Waals surface area (Å²) in [4.78, 5) is 0. The molecule has 0 aliphatic carbocycles. The Hall–Kier alpha value is 0.137. The maximum atomic E-state index is 6.02. The molecule has 0 radical (unpaired) electrons. The highest BCUT2D eigenvalue weighted by Crippen LogP contribution is 2.51. The van der Waals surface area contributed by atoms with Crippen LogP contribution in [0.5, 0.6) is 0 Å². The highest BCUT2D eigenvalue weighted by molar-refractivity contribution is 6.73. The van der Waals surface area contributed by atoms with Crippen LogP contribution in [0.2, 0.25) is 10.1 Å². The molecule has 0 bridgehead atoms. The topological polar surface area (TPSA) is 18.5 Å². The molecule has 0 amide bonds. The zero-order chi connectivity index (χ0) is 11.6. The van der Waals surface area contributed by atoms with Gasteiger partial charge in [0.15, 0.2) is 0 Å². The van der Waals surface area contributed by atoms with Crippen LogP contribution in [0, 0.1) is 0 Å². The minimum Gasteiger partial charge on any atom is -0.397 e. The maximum Gasteiger partial charge on any atom is 0.349 e. The summed E-state index contributed by atoms with van der Waals surface area (Å²) in [7, 11) is -0.383. The van der Waals surface area contributed by atoms with Crippen LogP contribution in [0.15, 0.2) is 0 Å². The van der Waals surface area contributed by atoms with Crippen LogP contribution < -0.4 is 0 Å². The maximum absolute atomic E-state index is 6.02. The summed E-state index contributed by atoms with van der Waals surface area (Å²) in [5.41, 5.74) is 0. The highest BCUT2D eigenvalue weighted by Gasteiger charge is 2.57. The molecule has 0 aromatic carbocycles. The Kier molecular flexibility index (Phi) is 4.37. The molecule has 0 heterocycles. The molecule has 2 nitrogen and oxygen atoms in total. The summed E-state index contributed by atoms with van der Waals surface area (Å²) in [6.07, 6.45) is 0. The average Bonchev–Trinajstić information content (AvgIpc) is 1.94. The zero-order valence-electron chi connectivity index (χ0n) is 11.0. The Morgan fingerprint density at radius 1 is 0.929 bits per heavy atom. The zero-order valence-corrected chi connectivity index (χ0v) is 12.0. The van der Waals surface area contributed by atoms with Crippen molar-refractivity contribution in [1.82, 2.24) is 0 Å². The monoisotopic (exact) mass is 218 g/mol. The molecule has 0 spiro atoms. The molecule has 86 valence electrons. The molecule has 0 atom stereocenters. The molecule has 0 saturated carbocycles. The van der Waals surface area contributed by atoms with Gasteiger partial charge in [-0.05, 0) is 6.92 Å². The molecule has 0 aliphatic rings. The van der Waals surface area contributed by atoms with Gasteiger partial charge in [-0.3, -0.25) is 0 Å². The van der Waals surface area contributed by atoms with Gasteiger partial charge in [-0.15, -0.1) is 0 Å². The molecule has 0 rings (SSSR count). The van der Waals surface area contributed by atoms with E-state index in [9.17, 15) is 0 Å². The fraction of sp³-hybridized carbons (Fsp3) is 1.00. The molecular formula is C11H26O2Si. The van der Waals surface area contributed by atoms with Crippen LogP contribution in [0.4, 0.5) is 0 Å². The molecule has 0 fully saturated rings. The lowest BCUT2D eigenvalue weighted by Gasteiger charge is -2.48. The van der Waals surface area contributed by atoms with Gasteiger partial charge in [-0.25, -0.2) is 0 Å². The molecule has 3 heteroatoms. The van der Waals surface area contributed by atoms with Crippen LogP contribution in [-0.2, 0) is 8.85 Å². The van der Waals surface area contributed by atoms with Crippen molar-refractivity contribution >= 4 is 8.56 Å². The first-order valence-electron chi connectivity index (χ1n) is 5.31. The van der Waals surface area contributed by atoms with Crippen LogP contribution >= 0.6 is 0 Å². The number of hydrogen-bond donors (Lipinski definition) is 0. The molecular weight excluding hydrogens is 192 g/mol. The predicted octanol–water partition coefficient (Wildman–Crippen LogP) is 3.71. The summed E-state index contributed by atoms with van der Waals surface area (Å²) in [6, 6.07) is 0. The number of rotatable bonds is 3. The minimum absolute atomic E-state index is 0.0933. The number of hydrogen-bond acceptors (Lipinski definition) is 2. The van der Waals surface area contributed by atoms with Gasteiger partial charge in [-0.1, -0.05) is 41.5 Å². The fourth-order valence-corrected chi connectivity index (χ4v) is 7.30. The van der Waals surface area contributed by atoms with Crippen molar-refractivity contribution in [2.75, 3.05) is 13.7 Å². The van der Waals surface area contributed by atoms with Crippen molar-refractivity contribution in [3.8, 4) is 0 Å². The van der Waals surface area contributed by atoms with Crippen LogP contribution in [-0.4, -0.2) is 22.3 Å². The Labute approximate surface area is 90.2 Å². The molecule has 0 saturated heterocycles. The standard InChI is InChI=1S/C11H26O2Si/c1-9-13-14(12-8,10(2,3)4)11(5,6)7/h9H2,1-8H3. The second kappa shape index (κ2) is 4.33. The molecule has 0 aromatic heterocycles. The van der Waals surface area contributed by atoms with E-state index in [1.54, 1.807) is 7.11 Å². The average molecular weight is 218 g/mol. The van der Waals surface area contributed by atoms with Crippen LogP contribution in [0.3, 0.4) is 0 Å². The third kappa shape index (κ3) is 2.38. The Morgan fingerprint density at radius 3 is 1.36 bits per heavy atom. The van der Waals surface area contributed by atoms with E-state index in [-0.39, 0.29) is 10.1 Å². The second-order valence-corrected chi connectivity index (χ2v) is 10.7. The Bertz CT molecular complexity index is 163. The third-order valence-corrected chi connectivity index (χ3v) is 7.83. The van der Waals surface area contributed by atoms with Gasteiger partial charge < -0.3 is 8.85 Å². The third-order valence-electron chi connectivity index (χ3n) is 2.61. The van der Waals surface area contributed by atoms with Crippen LogP contribution in [0.25, 0.3) is 0 Å². The van der Waals surface area contributed by atoms with Gasteiger partial charge in [-0.2, -0.15) is 0 Å². The lowest BCUT2D eigenvalue weighted by atomic mass is 10.2. The fourth-order valence-electron chi connectivity index (χ4n) is 2.43. The first-order chi connectivity index (χ1) is 6.12.